The molecule has 0 aliphatic rings. The molecule has 0 saturated heterocycles. The van der Waals surface area contributed by atoms with Crippen LogP contribution in [0.3, 0.4) is 0 Å². The Morgan fingerprint density at radius 1 is 1.22 bits per heavy atom. The number of hydrogen-bond acceptors (Lipinski definition) is 5. The number of carbonyl (C=O) groups is 1. The third kappa shape index (κ3) is 3.50. The standard InChI is InChI=1S/C16H17N5OS/c1-10-9-11(2)21-15(17-10)19-16(20-21)23-12(3)14(22)18-13-7-5-4-6-8-13/h4-9,12H,1-3H3,(H,18,22). The number of fused-ring (bicyclic) bond motifs is 1. The van der Waals surface area contributed by atoms with Crippen LogP contribution in [0.1, 0.15) is 18.3 Å². The Hall–Kier alpha value is -2.41. The fraction of sp³-hybridized carbons (Fsp3) is 0.250. The van der Waals surface area contributed by atoms with Gasteiger partial charge in [-0.3, -0.25) is 4.79 Å². The molecule has 7 heteroatoms. The Bertz CT molecular complexity index is 846. The van der Waals surface area contributed by atoms with Crippen molar-refractivity contribution in [2.75, 3.05) is 5.32 Å². The van der Waals surface area contributed by atoms with Crippen LogP contribution in [0, 0.1) is 13.8 Å². The first-order valence-corrected chi connectivity index (χ1v) is 8.14. The van der Waals surface area contributed by atoms with E-state index in [0.29, 0.717) is 10.9 Å². The van der Waals surface area contributed by atoms with Crippen LogP contribution in [-0.2, 0) is 4.79 Å². The molecule has 118 valence electrons. The molecular formula is C16H17N5OS. The lowest BCUT2D eigenvalue weighted by Gasteiger charge is -2.09. The molecule has 0 bridgehead atoms. The Balaban J connectivity index is 1.73. The summed E-state index contributed by atoms with van der Waals surface area (Å²) in [4.78, 5) is 21.0. The maximum Gasteiger partial charge on any atom is 0.253 e. The van der Waals surface area contributed by atoms with Gasteiger partial charge in [0.05, 0.1) is 5.25 Å². The molecule has 3 rings (SSSR count). The zero-order valence-electron chi connectivity index (χ0n) is 13.1. The van der Waals surface area contributed by atoms with Gasteiger partial charge in [0, 0.05) is 17.1 Å². The number of rotatable bonds is 4. The number of hydrogen-bond donors (Lipinski definition) is 1. The number of carbonyl (C=O) groups excluding carboxylic acids is 1. The van der Waals surface area contributed by atoms with Crippen LogP contribution >= 0.6 is 11.8 Å². The van der Waals surface area contributed by atoms with Gasteiger partial charge in [-0.2, -0.15) is 4.98 Å². The van der Waals surface area contributed by atoms with E-state index in [-0.39, 0.29) is 11.2 Å². The van der Waals surface area contributed by atoms with Crippen molar-refractivity contribution in [3.05, 3.63) is 47.8 Å². The predicted molar refractivity (Wildman–Crippen MR) is 90.6 cm³/mol. The van der Waals surface area contributed by atoms with Gasteiger partial charge < -0.3 is 5.32 Å². The highest BCUT2D eigenvalue weighted by Crippen LogP contribution is 2.22. The number of thioether (sulfide) groups is 1. The van der Waals surface area contributed by atoms with Gasteiger partial charge in [-0.05, 0) is 39.0 Å². The second-order valence-corrected chi connectivity index (χ2v) is 6.57. The molecule has 0 fully saturated rings. The summed E-state index contributed by atoms with van der Waals surface area (Å²) in [5, 5.41) is 7.52. The summed E-state index contributed by atoms with van der Waals surface area (Å²) in [6.07, 6.45) is 0. The number of nitrogens with one attached hydrogen (secondary N) is 1. The van der Waals surface area contributed by atoms with Crippen molar-refractivity contribution in [1.29, 1.82) is 0 Å². The van der Waals surface area contributed by atoms with Gasteiger partial charge in [0.1, 0.15) is 0 Å². The second-order valence-electron chi connectivity index (χ2n) is 5.26. The molecule has 1 atom stereocenters. The van der Waals surface area contributed by atoms with E-state index in [4.69, 9.17) is 0 Å². The van der Waals surface area contributed by atoms with Crippen LogP contribution in [0.25, 0.3) is 5.78 Å². The van der Waals surface area contributed by atoms with Gasteiger partial charge in [-0.25, -0.2) is 9.50 Å². The van der Waals surface area contributed by atoms with Gasteiger partial charge in [-0.1, -0.05) is 30.0 Å². The summed E-state index contributed by atoms with van der Waals surface area (Å²) in [7, 11) is 0. The van der Waals surface area contributed by atoms with Crippen LogP contribution in [0.2, 0.25) is 0 Å². The number of nitrogens with zero attached hydrogens (tertiary/aromatic N) is 4. The van der Waals surface area contributed by atoms with Crippen LogP contribution in [0.4, 0.5) is 5.69 Å². The van der Waals surface area contributed by atoms with E-state index in [9.17, 15) is 4.79 Å². The maximum atomic E-state index is 12.2. The smallest absolute Gasteiger partial charge is 0.253 e. The highest BCUT2D eigenvalue weighted by atomic mass is 32.2. The quantitative estimate of drug-likeness (QED) is 0.746. The van der Waals surface area contributed by atoms with E-state index < -0.39 is 0 Å². The average Bonchev–Trinajstić information content (AvgIpc) is 2.91. The minimum absolute atomic E-state index is 0.0825. The van der Waals surface area contributed by atoms with Gasteiger partial charge in [0.2, 0.25) is 11.1 Å². The van der Waals surface area contributed by atoms with E-state index >= 15 is 0 Å². The molecule has 1 N–H and O–H groups in total. The van der Waals surface area contributed by atoms with Crippen LogP contribution < -0.4 is 5.32 Å². The van der Waals surface area contributed by atoms with Crippen molar-refractivity contribution < 1.29 is 4.79 Å². The summed E-state index contributed by atoms with van der Waals surface area (Å²) >= 11 is 1.32. The average molecular weight is 327 g/mol. The van der Waals surface area contributed by atoms with Crippen molar-refractivity contribution in [2.24, 2.45) is 0 Å². The number of para-hydroxylation sites is 1. The van der Waals surface area contributed by atoms with Crippen molar-refractivity contribution in [3.63, 3.8) is 0 Å². The van der Waals surface area contributed by atoms with Crippen LogP contribution in [0.15, 0.2) is 41.6 Å². The first-order valence-electron chi connectivity index (χ1n) is 7.26. The maximum absolute atomic E-state index is 12.2. The predicted octanol–water partition coefficient (Wildman–Crippen LogP) is 2.86. The highest BCUT2D eigenvalue weighted by molar-refractivity contribution is 8.00. The molecule has 23 heavy (non-hydrogen) atoms. The lowest BCUT2D eigenvalue weighted by Crippen LogP contribution is -2.22. The number of benzene rings is 1. The summed E-state index contributed by atoms with van der Waals surface area (Å²) < 4.78 is 1.69. The zero-order chi connectivity index (χ0) is 16.4. The molecule has 3 aromatic rings. The molecule has 1 unspecified atom stereocenters. The van der Waals surface area contributed by atoms with Crippen molar-refractivity contribution in [2.45, 2.75) is 31.2 Å². The molecule has 0 aliphatic heterocycles. The van der Waals surface area contributed by atoms with E-state index in [1.165, 1.54) is 11.8 Å². The number of aromatic nitrogens is 4. The molecule has 0 spiro atoms. The topological polar surface area (TPSA) is 72.2 Å². The van der Waals surface area contributed by atoms with Crippen LogP contribution in [-0.4, -0.2) is 30.7 Å². The Labute approximate surface area is 138 Å². The molecule has 2 aromatic heterocycles. The summed E-state index contributed by atoms with van der Waals surface area (Å²) in [6.45, 7) is 5.71. The molecule has 2 heterocycles. The van der Waals surface area contributed by atoms with Gasteiger partial charge in [-0.15, -0.1) is 5.10 Å². The SMILES string of the molecule is Cc1cc(C)n2nc(SC(C)C(=O)Nc3ccccc3)nc2n1. The monoisotopic (exact) mass is 327 g/mol. The molecule has 1 amide bonds. The Morgan fingerprint density at radius 2 is 1.96 bits per heavy atom. The zero-order valence-corrected chi connectivity index (χ0v) is 14.0. The van der Waals surface area contributed by atoms with Crippen LogP contribution in [0.5, 0.6) is 0 Å². The second kappa shape index (κ2) is 6.37. The molecule has 6 nitrogen and oxygen atoms in total. The van der Waals surface area contributed by atoms with Gasteiger partial charge in [0.15, 0.2) is 0 Å². The molecule has 0 radical (unpaired) electrons. The largest absolute Gasteiger partial charge is 0.325 e. The molecule has 1 aromatic carbocycles. The first-order chi connectivity index (χ1) is 11.0. The third-order valence-corrected chi connectivity index (χ3v) is 4.24. The summed E-state index contributed by atoms with van der Waals surface area (Å²) in [6, 6.07) is 11.3. The van der Waals surface area contributed by atoms with E-state index in [1.807, 2.05) is 57.2 Å². The van der Waals surface area contributed by atoms with E-state index in [1.54, 1.807) is 4.52 Å². The van der Waals surface area contributed by atoms with Gasteiger partial charge in [0.25, 0.3) is 5.78 Å². The first kappa shape index (κ1) is 15.5. The van der Waals surface area contributed by atoms with E-state index in [2.05, 4.69) is 20.4 Å². The number of anilines is 1. The normalized spacial score (nSPS) is 12.3. The minimum Gasteiger partial charge on any atom is -0.325 e. The fourth-order valence-electron chi connectivity index (χ4n) is 2.17. The van der Waals surface area contributed by atoms with Crippen molar-refractivity contribution in [1.82, 2.24) is 19.6 Å². The summed E-state index contributed by atoms with van der Waals surface area (Å²) in [5.74, 6) is 0.474. The van der Waals surface area contributed by atoms with Gasteiger partial charge >= 0.3 is 0 Å². The van der Waals surface area contributed by atoms with Crippen molar-refractivity contribution in [3.8, 4) is 0 Å². The lowest BCUT2D eigenvalue weighted by molar-refractivity contribution is -0.115. The Kier molecular flexibility index (Phi) is 4.29. The van der Waals surface area contributed by atoms with E-state index in [0.717, 1.165) is 17.1 Å². The minimum atomic E-state index is -0.311. The Morgan fingerprint density at radius 3 is 2.70 bits per heavy atom. The third-order valence-electron chi connectivity index (χ3n) is 3.29. The fourth-order valence-corrected chi connectivity index (χ4v) is 2.92. The number of aryl methyl sites for hydroxylation is 2. The molecule has 0 saturated carbocycles. The summed E-state index contributed by atoms with van der Waals surface area (Å²) in [5.41, 5.74) is 2.64. The highest BCUT2D eigenvalue weighted by Gasteiger charge is 2.18. The number of amides is 1. The van der Waals surface area contributed by atoms with Crippen molar-refractivity contribution >= 4 is 29.1 Å². The molecule has 0 aliphatic carbocycles. The molecular weight excluding hydrogens is 310 g/mol. The lowest BCUT2D eigenvalue weighted by atomic mass is 10.3.